The normalized spacial score (nSPS) is 23.2. The highest BCUT2D eigenvalue weighted by Gasteiger charge is 2.48. The lowest BCUT2D eigenvalue weighted by molar-refractivity contribution is -0.142. The minimum atomic E-state index is -0.380. The average molecular weight is 330 g/mol. The van der Waals surface area contributed by atoms with Gasteiger partial charge in [0.15, 0.2) is 0 Å². The molecular weight excluding hydrogens is 308 g/mol. The number of fused-ring (bicyclic) bond motifs is 1. The van der Waals surface area contributed by atoms with E-state index in [-0.39, 0.29) is 36.1 Å². The predicted molar refractivity (Wildman–Crippen MR) is 89.4 cm³/mol. The van der Waals surface area contributed by atoms with Crippen LogP contribution in [-0.2, 0) is 14.4 Å². The molecule has 1 saturated heterocycles. The van der Waals surface area contributed by atoms with Crippen LogP contribution >= 0.6 is 0 Å². The van der Waals surface area contributed by atoms with E-state index in [9.17, 15) is 14.4 Å². The van der Waals surface area contributed by atoms with E-state index in [0.717, 1.165) is 36.4 Å². The van der Waals surface area contributed by atoms with Gasteiger partial charge in [-0.2, -0.15) is 0 Å². The van der Waals surface area contributed by atoms with Gasteiger partial charge in [0.1, 0.15) is 12.4 Å². The molecule has 2 atom stereocenters. The maximum atomic E-state index is 12.4. The predicted octanol–water partition coefficient (Wildman–Crippen LogP) is 1.26. The van der Waals surface area contributed by atoms with Crippen LogP contribution < -0.4 is 10.2 Å². The number of pyridine rings is 1. The zero-order valence-corrected chi connectivity index (χ0v) is 14.0. The van der Waals surface area contributed by atoms with Gasteiger partial charge >= 0.3 is 0 Å². The smallest absolute Gasteiger partial charge is 0.244 e. The first-order chi connectivity index (χ1) is 11.5. The third-order valence-electron chi connectivity index (χ3n) is 4.72. The Bertz CT molecular complexity index is 632. The summed E-state index contributed by atoms with van der Waals surface area (Å²) in [5.74, 6) is -0.432. The fourth-order valence-electron chi connectivity index (χ4n) is 3.46. The second-order valence-electron chi connectivity index (χ2n) is 6.61. The summed E-state index contributed by atoms with van der Waals surface area (Å²) in [6.45, 7) is -0.222. The van der Waals surface area contributed by atoms with Crippen molar-refractivity contribution in [1.29, 1.82) is 0 Å². The summed E-state index contributed by atoms with van der Waals surface area (Å²) in [4.78, 5) is 44.1. The van der Waals surface area contributed by atoms with Crippen molar-refractivity contribution in [3.05, 3.63) is 18.3 Å². The van der Waals surface area contributed by atoms with Crippen LogP contribution in [0.4, 0.5) is 11.5 Å². The Kier molecular flexibility index (Phi) is 4.51. The molecule has 2 heterocycles. The number of amides is 3. The van der Waals surface area contributed by atoms with Gasteiger partial charge in [-0.05, 0) is 25.0 Å². The van der Waals surface area contributed by atoms with Crippen molar-refractivity contribution in [3.63, 3.8) is 0 Å². The summed E-state index contributed by atoms with van der Waals surface area (Å²) in [6, 6.07) is 3.53. The van der Waals surface area contributed by atoms with E-state index in [1.807, 2.05) is 19.0 Å². The lowest BCUT2D eigenvalue weighted by Crippen LogP contribution is -2.38. The minimum absolute atomic E-state index is 0.194. The van der Waals surface area contributed by atoms with E-state index in [1.165, 1.54) is 0 Å². The van der Waals surface area contributed by atoms with Gasteiger partial charge in [0.2, 0.25) is 17.7 Å². The van der Waals surface area contributed by atoms with Crippen LogP contribution in [0.5, 0.6) is 0 Å². The van der Waals surface area contributed by atoms with Gasteiger partial charge in [0.25, 0.3) is 0 Å². The molecule has 3 amide bonds. The van der Waals surface area contributed by atoms with E-state index >= 15 is 0 Å². The largest absolute Gasteiger partial charge is 0.363 e. The Labute approximate surface area is 141 Å². The fourth-order valence-corrected chi connectivity index (χ4v) is 3.46. The highest BCUT2D eigenvalue weighted by molar-refractivity contribution is 6.08. The Morgan fingerprint density at radius 3 is 2.33 bits per heavy atom. The molecule has 24 heavy (non-hydrogen) atoms. The lowest BCUT2D eigenvalue weighted by Gasteiger charge is -2.19. The van der Waals surface area contributed by atoms with Crippen molar-refractivity contribution in [3.8, 4) is 0 Å². The van der Waals surface area contributed by atoms with E-state index in [2.05, 4.69) is 10.3 Å². The van der Waals surface area contributed by atoms with E-state index < -0.39 is 0 Å². The molecule has 1 aliphatic carbocycles. The SMILES string of the molecule is CN(C)c1ccc(NC(=O)CN2C(=O)[C@@H]3CCCC[C@H]3C2=O)cn1. The first-order valence-corrected chi connectivity index (χ1v) is 8.26. The number of imide groups is 1. The molecule has 1 N–H and O–H groups in total. The molecule has 3 rings (SSSR count). The highest BCUT2D eigenvalue weighted by atomic mass is 16.2. The fraction of sp³-hybridized carbons (Fsp3) is 0.529. The summed E-state index contributed by atoms with van der Waals surface area (Å²) in [5.41, 5.74) is 0.544. The molecule has 1 aromatic heterocycles. The van der Waals surface area contributed by atoms with Crippen molar-refractivity contribution in [1.82, 2.24) is 9.88 Å². The molecule has 128 valence electrons. The molecule has 1 aliphatic heterocycles. The van der Waals surface area contributed by atoms with Crippen molar-refractivity contribution < 1.29 is 14.4 Å². The number of likely N-dealkylation sites (tertiary alicyclic amines) is 1. The maximum absolute atomic E-state index is 12.4. The molecule has 0 radical (unpaired) electrons. The maximum Gasteiger partial charge on any atom is 0.244 e. The summed E-state index contributed by atoms with van der Waals surface area (Å²) >= 11 is 0. The molecular formula is C17H22N4O3. The second kappa shape index (κ2) is 6.59. The van der Waals surface area contributed by atoms with Gasteiger partial charge in [-0.25, -0.2) is 4.98 Å². The van der Waals surface area contributed by atoms with Gasteiger partial charge in [-0.15, -0.1) is 0 Å². The topological polar surface area (TPSA) is 82.6 Å². The van der Waals surface area contributed by atoms with Gasteiger partial charge in [0.05, 0.1) is 23.7 Å². The molecule has 0 bridgehead atoms. The van der Waals surface area contributed by atoms with Crippen molar-refractivity contribution >= 4 is 29.2 Å². The van der Waals surface area contributed by atoms with Crippen LogP contribution in [-0.4, -0.2) is 48.2 Å². The number of carbonyl (C=O) groups is 3. The van der Waals surface area contributed by atoms with Crippen molar-refractivity contribution in [2.45, 2.75) is 25.7 Å². The Balaban J connectivity index is 1.62. The zero-order valence-electron chi connectivity index (χ0n) is 14.0. The molecule has 1 saturated carbocycles. The molecule has 2 aliphatic rings. The van der Waals surface area contributed by atoms with Gasteiger partial charge in [-0.3, -0.25) is 19.3 Å². The molecule has 1 aromatic rings. The van der Waals surface area contributed by atoms with Crippen LogP contribution in [0.3, 0.4) is 0 Å². The Morgan fingerprint density at radius 1 is 1.21 bits per heavy atom. The van der Waals surface area contributed by atoms with E-state index in [0.29, 0.717) is 5.69 Å². The summed E-state index contributed by atoms with van der Waals surface area (Å²) in [7, 11) is 3.76. The molecule has 2 fully saturated rings. The first-order valence-electron chi connectivity index (χ1n) is 8.26. The van der Waals surface area contributed by atoms with Crippen LogP contribution in [0.2, 0.25) is 0 Å². The van der Waals surface area contributed by atoms with E-state index in [1.54, 1.807) is 18.3 Å². The van der Waals surface area contributed by atoms with Crippen LogP contribution in [0.15, 0.2) is 18.3 Å². The summed E-state index contributed by atoms with van der Waals surface area (Å²) in [6.07, 6.45) is 5.02. The third-order valence-corrected chi connectivity index (χ3v) is 4.72. The number of nitrogens with one attached hydrogen (secondary N) is 1. The zero-order chi connectivity index (χ0) is 17.3. The Hall–Kier alpha value is -2.44. The minimum Gasteiger partial charge on any atom is -0.363 e. The molecule has 0 aromatic carbocycles. The first kappa shape index (κ1) is 16.4. The molecule has 0 unspecified atom stereocenters. The average Bonchev–Trinajstić information content (AvgIpc) is 2.81. The van der Waals surface area contributed by atoms with Gasteiger partial charge < -0.3 is 10.2 Å². The standard InChI is InChI=1S/C17H22N4O3/c1-20(2)14-8-7-11(9-18-14)19-15(22)10-21-16(23)12-5-3-4-6-13(12)17(21)24/h7-9,12-13H,3-6,10H2,1-2H3,(H,19,22)/t12-,13-/m1/s1. The van der Waals surface area contributed by atoms with Gasteiger partial charge in [0, 0.05) is 14.1 Å². The third kappa shape index (κ3) is 3.11. The summed E-state index contributed by atoms with van der Waals surface area (Å²) in [5, 5.41) is 2.69. The molecule has 7 heteroatoms. The second-order valence-corrected chi connectivity index (χ2v) is 6.61. The number of carbonyl (C=O) groups excluding carboxylic acids is 3. The van der Waals surface area contributed by atoms with E-state index in [4.69, 9.17) is 0 Å². The number of anilines is 2. The highest BCUT2D eigenvalue weighted by Crippen LogP contribution is 2.37. The lowest BCUT2D eigenvalue weighted by atomic mass is 9.81. The number of aromatic nitrogens is 1. The van der Waals surface area contributed by atoms with Crippen LogP contribution in [0.25, 0.3) is 0 Å². The van der Waals surface area contributed by atoms with Gasteiger partial charge in [-0.1, -0.05) is 12.8 Å². The Morgan fingerprint density at radius 2 is 1.83 bits per heavy atom. The quantitative estimate of drug-likeness (QED) is 0.841. The number of hydrogen-bond donors (Lipinski definition) is 1. The molecule has 0 spiro atoms. The number of hydrogen-bond acceptors (Lipinski definition) is 5. The molecule has 7 nitrogen and oxygen atoms in total. The van der Waals surface area contributed by atoms with Crippen molar-refractivity contribution in [2.24, 2.45) is 11.8 Å². The summed E-state index contributed by atoms with van der Waals surface area (Å²) < 4.78 is 0. The van der Waals surface area contributed by atoms with Crippen LogP contribution in [0.1, 0.15) is 25.7 Å². The monoisotopic (exact) mass is 330 g/mol. The van der Waals surface area contributed by atoms with Crippen LogP contribution in [0, 0.1) is 11.8 Å². The number of nitrogens with zero attached hydrogens (tertiary/aromatic N) is 3. The van der Waals surface area contributed by atoms with Crippen molar-refractivity contribution in [2.75, 3.05) is 30.9 Å². The number of rotatable bonds is 4.